The largest absolute Gasteiger partial charge is 0.494 e. The van der Waals surface area contributed by atoms with Gasteiger partial charge in [-0.05, 0) is 61.4 Å². The molecule has 0 spiro atoms. The maximum absolute atomic E-state index is 13.7. The lowest BCUT2D eigenvalue weighted by Crippen LogP contribution is -2.22. The molecule has 4 aromatic rings. The third-order valence-electron chi connectivity index (χ3n) is 5.84. The Labute approximate surface area is 196 Å². The lowest BCUT2D eigenvalue weighted by Gasteiger charge is -2.17. The third-order valence-corrected chi connectivity index (χ3v) is 8.02. The first-order chi connectivity index (χ1) is 15.7. The molecule has 0 radical (unpaired) electrons. The standard InChI is InChI=1S/C26H26N2O2S2/c1-18-13-14-21-22(17-18)32-24-23(21)25(29)28(19-9-4-2-5-10-19)26(27-24)31-16-8-15-30-20-11-6-3-7-12-20/h2-7,9-12,18H,8,13-17H2,1H3. The molecule has 164 valence electrons. The summed E-state index contributed by atoms with van der Waals surface area (Å²) >= 11 is 3.35. The second kappa shape index (κ2) is 9.51. The number of aryl methyl sites for hydroxylation is 1. The quantitative estimate of drug-likeness (QED) is 0.188. The zero-order valence-electron chi connectivity index (χ0n) is 18.1. The molecule has 0 N–H and O–H groups in total. The topological polar surface area (TPSA) is 44.1 Å². The van der Waals surface area contributed by atoms with E-state index in [1.54, 1.807) is 27.7 Å². The molecule has 32 heavy (non-hydrogen) atoms. The van der Waals surface area contributed by atoms with Crippen molar-refractivity contribution in [3.05, 3.63) is 81.5 Å². The molecule has 1 aliphatic rings. The normalized spacial score (nSPS) is 15.6. The molecule has 2 aromatic heterocycles. The van der Waals surface area contributed by atoms with Crippen LogP contribution in [0.15, 0.2) is 70.6 Å². The first kappa shape index (κ1) is 21.3. The number of thioether (sulfide) groups is 1. The fourth-order valence-electron chi connectivity index (χ4n) is 4.20. The summed E-state index contributed by atoms with van der Waals surface area (Å²) < 4.78 is 7.62. The minimum absolute atomic E-state index is 0.0660. The molecule has 4 nitrogen and oxygen atoms in total. The van der Waals surface area contributed by atoms with Gasteiger partial charge in [0, 0.05) is 10.6 Å². The van der Waals surface area contributed by atoms with Gasteiger partial charge in [0.15, 0.2) is 5.16 Å². The monoisotopic (exact) mass is 462 g/mol. The zero-order valence-corrected chi connectivity index (χ0v) is 19.8. The van der Waals surface area contributed by atoms with E-state index in [4.69, 9.17) is 9.72 Å². The fourth-order valence-corrected chi connectivity index (χ4v) is 6.55. The van der Waals surface area contributed by atoms with Crippen molar-refractivity contribution >= 4 is 33.3 Å². The molecule has 1 unspecified atom stereocenters. The van der Waals surface area contributed by atoms with Gasteiger partial charge in [-0.2, -0.15) is 0 Å². The highest BCUT2D eigenvalue weighted by Crippen LogP contribution is 2.37. The molecule has 2 heterocycles. The summed E-state index contributed by atoms with van der Waals surface area (Å²) in [5.41, 5.74) is 2.17. The SMILES string of the molecule is CC1CCc2c(sc3nc(SCCCOc4ccccc4)n(-c4ccccc4)c(=O)c23)C1. The highest BCUT2D eigenvalue weighted by Gasteiger charge is 2.25. The molecule has 0 fully saturated rings. The minimum Gasteiger partial charge on any atom is -0.494 e. The van der Waals surface area contributed by atoms with E-state index >= 15 is 0 Å². The summed E-state index contributed by atoms with van der Waals surface area (Å²) in [5, 5.41) is 1.59. The van der Waals surface area contributed by atoms with Crippen molar-refractivity contribution in [1.82, 2.24) is 9.55 Å². The summed E-state index contributed by atoms with van der Waals surface area (Å²) in [6.45, 7) is 2.93. The van der Waals surface area contributed by atoms with Gasteiger partial charge in [0.25, 0.3) is 5.56 Å². The van der Waals surface area contributed by atoms with Gasteiger partial charge < -0.3 is 4.74 Å². The van der Waals surface area contributed by atoms with E-state index in [-0.39, 0.29) is 5.56 Å². The second-order valence-electron chi connectivity index (χ2n) is 8.27. The van der Waals surface area contributed by atoms with Crippen molar-refractivity contribution < 1.29 is 4.74 Å². The Morgan fingerprint density at radius 2 is 1.88 bits per heavy atom. The van der Waals surface area contributed by atoms with Crippen molar-refractivity contribution in [3.8, 4) is 11.4 Å². The maximum Gasteiger partial charge on any atom is 0.267 e. The number of aromatic nitrogens is 2. The number of thiophene rings is 1. The molecule has 6 heteroatoms. The van der Waals surface area contributed by atoms with E-state index in [1.165, 1.54) is 10.4 Å². The molecule has 0 saturated heterocycles. The molecule has 1 aliphatic carbocycles. The molecule has 0 saturated carbocycles. The third kappa shape index (κ3) is 4.34. The smallest absolute Gasteiger partial charge is 0.267 e. The van der Waals surface area contributed by atoms with Crippen LogP contribution >= 0.6 is 23.1 Å². The van der Waals surface area contributed by atoms with Crippen molar-refractivity contribution in [2.24, 2.45) is 5.92 Å². The van der Waals surface area contributed by atoms with Crippen LogP contribution in [0.3, 0.4) is 0 Å². The summed E-state index contributed by atoms with van der Waals surface area (Å²) in [6.07, 6.45) is 4.05. The predicted molar refractivity (Wildman–Crippen MR) is 134 cm³/mol. The molecule has 0 bridgehead atoms. The number of benzene rings is 2. The Balaban J connectivity index is 1.43. The van der Waals surface area contributed by atoms with Gasteiger partial charge in [-0.1, -0.05) is 55.1 Å². The molecule has 5 rings (SSSR count). The number of hydrogen-bond donors (Lipinski definition) is 0. The predicted octanol–water partition coefficient (Wildman–Crippen LogP) is 6.13. The zero-order chi connectivity index (χ0) is 21.9. The van der Waals surface area contributed by atoms with E-state index in [2.05, 4.69) is 6.92 Å². The van der Waals surface area contributed by atoms with Crippen LogP contribution in [0.5, 0.6) is 5.75 Å². The van der Waals surface area contributed by atoms with Gasteiger partial charge in [-0.15, -0.1) is 11.3 Å². The summed E-state index contributed by atoms with van der Waals surface area (Å²) in [7, 11) is 0. The Hall–Kier alpha value is -2.57. The van der Waals surface area contributed by atoms with Crippen molar-refractivity contribution in [2.75, 3.05) is 12.4 Å². The maximum atomic E-state index is 13.7. The highest BCUT2D eigenvalue weighted by molar-refractivity contribution is 7.99. The number of ether oxygens (including phenoxy) is 1. The van der Waals surface area contributed by atoms with Crippen LogP contribution in [-0.4, -0.2) is 21.9 Å². The molecule has 0 aliphatic heterocycles. The van der Waals surface area contributed by atoms with Crippen LogP contribution in [0.4, 0.5) is 0 Å². The number of fused-ring (bicyclic) bond motifs is 3. The number of rotatable bonds is 7. The van der Waals surface area contributed by atoms with Gasteiger partial charge in [0.1, 0.15) is 10.6 Å². The van der Waals surface area contributed by atoms with E-state index in [0.717, 1.165) is 58.2 Å². The highest BCUT2D eigenvalue weighted by atomic mass is 32.2. The minimum atomic E-state index is 0.0660. The Morgan fingerprint density at radius 1 is 1.12 bits per heavy atom. The van der Waals surface area contributed by atoms with Crippen molar-refractivity contribution in [2.45, 2.75) is 37.8 Å². The van der Waals surface area contributed by atoms with Crippen LogP contribution in [-0.2, 0) is 12.8 Å². The molecular weight excluding hydrogens is 436 g/mol. The van der Waals surface area contributed by atoms with Crippen LogP contribution in [0.25, 0.3) is 15.9 Å². The van der Waals surface area contributed by atoms with E-state index in [1.807, 2.05) is 60.7 Å². The van der Waals surface area contributed by atoms with Crippen LogP contribution in [0.2, 0.25) is 0 Å². The Morgan fingerprint density at radius 3 is 2.66 bits per heavy atom. The van der Waals surface area contributed by atoms with Gasteiger partial charge in [-0.3, -0.25) is 9.36 Å². The van der Waals surface area contributed by atoms with Gasteiger partial charge >= 0.3 is 0 Å². The number of para-hydroxylation sites is 2. The van der Waals surface area contributed by atoms with Crippen molar-refractivity contribution in [3.63, 3.8) is 0 Å². The second-order valence-corrected chi connectivity index (χ2v) is 10.4. The average Bonchev–Trinajstić information content (AvgIpc) is 3.17. The van der Waals surface area contributed by atoms with E-state index in [9.17, 15) is 4.79 Å². The van der Waals surface area contributed by atoms with E-state index in [0.29, 0.717) is 12.5 Å². The van der Waals surface area contributed by atoms with Crippen LogP contribution in [0.1, 0.15) is 30.2 Å². The van der Waals surface area contributed by atoms with Crippen molar-refractivity contribution in [1.29, 1.82) is 0 Å². The molecule has 0 amide bonds. The summed E-state index contributed by atoms with van der Waals surface area (Å²) in [4.78, 5) is 21.0. The number of nitrogens with zero attached hydrogens (tertiary/aromatic N) is 2. The summed E-state index contributed by atoms with van der Waals surface area (Å²) in [5.74, 6) is 2.39. The van der Waals surface area contributed by atoms with Gasteiger partial charge in [0.05, 0.1) is 17.7 Å². The van der Waals surface area contributed by atoms with Gasteiger partial charge in [-0.25, -0.2) is 4.98 Å². The first-order valence-corrected chi connectivity index (χ1v) is 12.9. The fraction of sp³-hybridized carbons (Fsp3) is 0.308. The molecule has 2 aromatic carbocycles. The van der Waals surface area contributed by atoms with Crippen LogP contribution < -0.4 is 10.3 Å². The lowest BCUT2D eigenvalue weighted by atomic mass is 9.89. The Bertz CT molecular complexity index is 1270. The van der Waals surface area contributed by atoms with Gasteiger partial charge in [0.2, 0.25) is 0 Å². The van der Waals surface area contributed by atoms with Crippen LogP contribution in [0, 0.1) is 5.92 Å². The lowest BCUT2D eigenvalue weighted by molar-refractivity contribution is 0.318. The average molecular weight is 463 g/mol. The number of hydrogen-bond acceptors (Lipinski definition) is 5. The molecular formula is C26H26N2O2S2. The Kier molecular flexibility index (Phi) is 6.32. The first-order valence-electron chi connectivity index (χ1n) is 11.1. The van der Waals surface area contributed by atoms with E-state index < -0.39 is 0 Å². The molecule has 1 atom stereocenters. The summed E-state index contributed by atoms with van der Waals surface area (Å²) in [6, 6.07) is 19.8.